The molecule has 184 valence electrons. The summed E-state index contributed by atoms with van der Waals surface area (Å²) in [6.07, 6.45) is 1.28. The SMILES string of the molecule is COC(=O)Cc1ccc(CNC(=O)c2ccc(N(Cc3cccc(Cl)c3Cl)S(C)(=O)=O)cc2)cc1. The monoisotopic (exact) mass is 534 g/mol. The van der Waals surface area contributed by atoms with Crippen molar-refractivity contribution in [3.63, 3.8) is 0 Å². The molecule has 1 N–H and O–H groups in total. The van der Waals surface area contributed by atoms with E-state index in [1.54, 1.807) is 54.6 Å². The first kappa shape index (κ1) is 26.5. The Bertz CT molecular complexity index is 1310. The summed E-state index contributed by atoms with van der Waals surface area (Å²) in [5, 5.41) is 3.45. The Morgan fingerprint density at radius 1 is 0.943 bits per heavy atom. The van der Waals surface area contributed by atoms with Crippen LogP contribution in [0.3, 0.4) is 0 Å². The van der Waals surface area contributed by atoms with Crippen LogP contribution >= 0.6 is 23.2 Å². The van der Waals surface area contributed by atoms with E-state index >= 15 is 0 Å². The predicted octanol–water partition coefficient (Wildman–Crippen LogP) is 4.61. The third-order valence-electron chi connectivity index (χ3n) is 5.22. The number of carbonyl (C=O) groups is 2. The number of rotatable bonds is 9. The molecule has 0 atom stereocenters. The van der Waals surface area contributed by atoms with Gasteiger partial charge in [0.15, 0.2) is 0 Å². The van der Waals surface area contributed by atoms with Crippen LogP contribution in [0.15, 0.2) is 66.7 Å². The maximum atomic E-state index is 12.6. The third kappa shape index (κ3) is 7.21. The fourth-order valence-electron chi connectivity index (χ4n) is 3.30. The van der Waals surface area contributed by atoms with Crippen molar-refractivity contribution < 1.29 is 22.7 Å². The highest BCUT2D eigenvalue weighted by atomic mass is 35.5. The highest BCUT2D eigenvalue weighted by Crippen LogP contribution is 2.29. The quantitative estimate of drug-likeness (QED) is 0.404. The number of carbonyl (C=O) groups excluding carboxylic acids is 2. The summed E-state index contributed by atoms with van der Waals surface area (Å²) in [4.78, 5) is 23.9. The van der Waals surface area contributed by atoms with Gasteiger partial charge in [-0.2, -0.15) is 0 Å². The van der Waals surface area contributed by atoms with Crippen LogP contribution < -0.4 is 9.62 Å². The van der Waals surface area contributed by atoms with Crippen LogP contribution in [0.5, 0.6) is 0 Å². The van der Waals surface area contributed by atoms with Gasteiger partial charge in [0, 0.05) is 12.1 Å². The van der Waals surface area contributed by atoms with E-state index in [4.69, 9.17) is 23.2 Å². The van der Waals surface area contributed by atoms with Gasteiger partial charge >= 0.3 is 5.97 Å². The number of halogens is 2. The molecule has 0 radical (unpaired) electrons. The number of hydrogen-bond donors (Lipinski definition) is 1. The number of amides is 1. The maximum absolute atomic E-state index is 12.6. The van der Waals surface area contributed by atoms with Crippen LogP contribution in [0.25, 0.3) is 0 Å². The van der Waals surface area contributed by atoms with Crippen LogP contribution in [-0.4, -0.2) is 33.7 Å². The van der Waals surface area contributed by atoms with E-state index in [0.717, 1.165) is 17.4 Å². The summed E-state index contributed by atoms with van der Waals surface area (Å²) in [6.45, 7) is 0.289. The number of ether oxygens (including phenoxy) is 1. The van der Waals surface area contributed by atoms with E-state index in [-0.39, 0.29) is 29.9 Å². The Morgan fingerprint density at radius 2 is 1.57 bits per heavy atom. The van der Waals surface area contributed by atoms with Crippen LogP contribution in [-0.2, 0) is 39.1 Å². The van der Waals surface area contributed by atoms with Crippen molar-refractivity contribution in [2.45, 2.75) is 19.5 Å². The Kier molecular flexibility index (Phi) is 8.77. The summed E-state index contributed by atoms with van der Waals surface area (Å²) in [5.41, 5.74) is 3.01. The third-order valence-corrected chi connectivity index (χ3v) is 7.21. The Morgan fingerprint density at radius 3 is 2.17 bits per heavy atom. The van der Waals surface area contributed by atoms with Crippen LogP contribution in [0.1, 0.15) is 27.0 Å². The Hall–Kier alpha value is -3.07. The number of esters is 1. The van der Waals surface area contributed by atoms with Gasteiger partial charge < -0.3 is 10.1 Å². The minimum absolute atomic E-state index is 0.00422. The van der Waals surface area contributed by atoms with Crippen LogP contribution in [0.4, 0.5) is 5.69 Å². The number of nitrogens with zero attached hydrogens (tertiary/aromatic N) is 1. The normalized spacial score (nSPS) is 11.1. The zero-order valence-electron chi connectivity index (χ0n) is 19.1. The van der Waals surface area contributed by atoms with E-state index < -0.39 is 10.0 Å². The fourth-order valence-corrected chi connectivity index (χ4v) is 4.56. The molecule has 0 unspecified atom stereocenters. The van der Waals surface area contributed by atoms with E-state index in [1.165, 1.54) is 11.4 Å². The first-order chi connectivity index (χ1) is 16.6. The molecule has 0 heterocycles. The number of nitrogens with one attached hydrogen (secondary N) is 1. The molecule has 3 rings (SSSR count). The van der Waals surface area contributed by atoms with Crippen molar-refractivity contribution >= 4 is 50.8 Å². The van der Waals surface area contributed by atoms with Gasteiger partial charge in [0.05, 0.1) is 42.1 Å². The zero-order valence-corrected chi connectivity index (χ0v) is 21.5. The van der Waals surface area contributed by atoms with Crippen molar-refractivity contribution in [1.82, 2.24) is 5.32 Å². The summed E-state index contributed by atoms with van der Waals surface area (Å²) >= 11 is 12.3. The van der Waals surface area contributed by atoms with E-state index in [0.29, 0.717) is 28.4 Å². The molecule has 1 amide bonds. The van der Waals surface area contributed by atoms with Crippen molar-refractivity contribution in [3.05, 3.63) is 99.0 Å². The molecule has 0 aliphatic carbocycles. The Labute approximate surface area is 214 Å². The highest BCUT2D eigenvalue weighted by molar-refractivity contribution is 7.92. The molecule has 7 nitrogen and oxygen atoms in total. The van der Waals surface area contributed by atoms with Gasteiger partial charge in [-0.25, -0.2) is 8.42 Å². The Balaban J connectivity index is 1.67. The van der Waals surface area contributed by atoms with Crippen molar-refractivity contribution in [1.29, 1.82) is 0 Å². The standard InChI is InChI=1S/C25H24Cl2N2O5S/c1-34-23(30)14-17-6-8-18(9-7-17)15-28-25(31)19-10-12-21(13-11-19)29(35(2,32)33)16-20-4-3-5-22(26)24(20)27/h3-13H,14-16H2,1-2H3,(H,28,31). The highest BCUT2D eigenvalue weighted by Gasteiger charge is 2.20. The van der Waals surface area contributed by atoms with Gasteiger partial charge in [0.2, 0.25) is 10.0 Å². The second kappa shape index (κ2) is 11.6. The molecular weight excluding hydrogens is 511 g/mol. The molecule has 0 saturated heterocycles. The maximum Gasteiger partial charge on any atom is 0.309 e. The predicted molar refractivity (Wildman–Crippen MR) is 137 cm³/mol. The second-order valence-corrected chi connectivity index (χ2v) is 10.5. The van der Waals surface area contributed by atoms with Gasteiger partial charge in [-0.15, -0.1) is 0 Å². The van der Waals surface area contributed by atoms with Gasteiger partial charge in [0.1, 0.15) is 0 Å². The van der Waals surface area contributed by atoms with E-state index in [2.05, 4.69) is 10.1 Å². The first-order valence-corrected chi connectivity index (χ1v) is 13.1. The molecular formula is C25H24Cl2N2O5S. The largest absolute Gasteiger partial charge is 0.469 e. The molecule has 0 bridgehead atoms. The summed E-state index contributed by atoms with van der Waals surface area (Å²) in [5.74, 6) is -0.626. The van der Waals surface area contributed by atoms with Crippen LogP contribution in [0, 0.1) is 0 Å². The first-order valence-electron chi connectivity index (χ1n) is 10.5. The average Bonchev–Trinajstić information content (AvgIpc) is 2.83. The van der Waals surface area contributed by atoms with Gasteiger partial charge in [-0.05, 0) is 47.0 Å². The molecule has 0 aromatic heterocycles. The molecule has 0 fully saturated rings. The van der Waals surface area contributed by atoms with Gasteiger partial charge in [0.25, 0.3) is 5.91 Å². The number of hydrogen-bond acceptors (Lipinski definition) is 5. The minimum atomic E-state index is -3.64. The molecule has 0 aliphatic heterocycles. The number of anilines is 1. The summed E-state index contributed by atoms with van der Waals surface area (Å²) in [6, 6.07) is 18.5. The van der Waals surface area contributed by atoms with E-state index in [1.807, 2.05) is 12.1 Å². The lowest BCUT2D eigenvalue weighted by Crippen LogP contribution is -2.29. The van der Waals surface area contributed by atoms with Gasteiger partial charge in [-0.3, -0.25) is 13.9 Å². The topological polar surface area (TPSA) is 92.8 Å². The molecule has 35 heavy (non-hydrogen) atoms. The molecule has 0 saturated carbocycles. The summed E-state index contributed by atoms with van der Waals surface area (Å²) < 4.78 is 30.8. The van der Waals surface area contributed by atoms with Crippen molar-refractivity contribution in [2.75, 3.05) is 17.7 Å². The second-order valence-electron chi connectivity index (χ2n) is 7.78. The molecule has 0 aliphatic rings. The lowest BCUT2D eigenvalue weighted by Gasteiger charge is -2.23. The van der Waals surface area contributed by atoms with Crippen molar-refractivity contribution in [2.24, 2.45) is 0 Å². The number of methoxy groups -OCH3 is 1. The summed E-state index contributed by atoms with van der Waals surface area (Å²) in [7, 11) is -2.30. The van der Waals surface area contributed by atoms with Crippen LogP contribution in [0.2, 0.25) is 10.0 Å². The zero-order chi connectivity index (χ0) is 25.6. The minimum Gasteiger partial charge on any atom is -0.469 e. The molecule has 0 spiro atoms. The number of sulfonamides is 1. The average molecular weight is 535 g/mol. The lowest BCUT2D eigenvalue weighted by molar-refractivity contribution is -0.139. The van der Waals surface area contributed by atoms with Gasteiger partial charge in [-0.1, -0.05) is 59.6 Å². The lowest BCUT2D eigenvalue weighted by atomic mass is 10.1. The fraction of sp³-hybridized carbons (Fsp3) is 0.200. The smallest absolute Gasteiger partial charge is 0.309 e. The van der Waals surface area contributed by atoms with Crippen molar-refractivity contribution in [3.8, 4) is 0 Å². The molecule has 3 aromatic carbocycles. The molecule has 10 heteroatoms. The molecule has 3 aromatic rings. The van der Waals surface area contributed by atoms with E-state index in [9.17, 15) is 18.0 Å². The number of benzene rings is 3.